The van der Waals surface area contributed by atoms with Crippen LogP contribution in [0.4, 0.5) is 10.2 Å². The number of aliphatic imine (C=N–C) groups is 1. The fraction of sp³-hybridized carbons (Fsp3) is 0.357. The molecule has 1 heterocycles. The van der Waals surface area contributed by atoms with Crippen LogP contribution in [0.3, 0.4) is 0 Å². The highest BCUT2D eigenvalue weighted by Crippen LogP contribution is 2.21. The van der Waals surface area contributed by atoms with Gasteiger partial charge < -0.3 is 4.90 Å². The minimum atomic E-state index is -4.06. The minimum Gasteiger partial charge on any atom is -0.369 e. The van der Waals surface area contributed by atoms with Gasteiger partial charge >= 0.3 is 5.69 Å². The van der Waals surface area contributed by atoms with E-state index in [1.807, 2.05) is 0 Å². The van der Waals surface area contributed by atoms with E-state index < -0.39 is 27.3 Å². The Balaban J connectivity index is 2.29. The van der Waals surface area contributed by atoms with E-state index >= 15 is 0 Å². The van der Waals surface area contributed by atoms with Crippen LogP contribution < -0.4 is 5.69 Å². The highest BCUT2D eigenvalue weighted by Gasteiger charge is 2.23. The zero-order valence-electron chi connectivity index (χ0n) is 13.1. The molecule has 7 nitrogen and oxygen atoms in total. The van der Waals surface area contributed by atoms with Gasteiger partial charge in [-0.15, -0.1) is 0 Å². The lowest BCUT2D eigenvalue weighted by Crippen LogP contribution is -2.33. The first kappa shape index (κ1) is 18.3. The molecule has 2 rings (SSSR count). The summed E-state index contributed by atoms with van der Waals surface area (Å²) in [4.78, 5) is 20.6. The Bertz CT molecular complexity index is 874. The van der Waals surface area contributed by atoms with Gasteiger partial charge in [-0.25, -0.2) is 22.6 Å². The Morgan fingerprint density at radius 3 is 2.83 bits per heavy atom. The second kappa shape index (κ2) is 7.27. The number of nitrogens with zero attached hydrogens (tertiary/aromatic N) is 4. The Morgan fingerprint density at radius 2 is 2.25 bits per heavy atom. The lowest BCUT2D eigenvalue weighted by atomic mass is 10.0. The van der Waals surface area contributed by atoms with Crippen LogP contribution in [0.25, 0.3) is 0 Å². The third-order valence-electron chi connectivity index (χ3n) is 3.11. The molecule has 0 saturated heterocycles. The van der Waals surface area contributed by atoms with E-state index in [0.29, 0.717) is 21.6 Å². The molecule has 0 spiro atoms. The summed E-state index contributed by atoms with van der Waals surface area (Å²) in [5.41, 5.74) is -1.10. The molecule has 1 atom stereocenters. The standard InChI is InChI=1S/C14H16ClFN4O3S/c1-19(2)9-17-13-12(16)7-20(14(21)18-13)24(22,23)8-10-3-5-11(15)6-4-10/h3,5-7,9-10H,4,8H2,1-2H3. The quantitative estimate of drug-likeness (QED) is 0.575. The molecule has 0 aliphatic heterocycles. The SMILES string of the molecule is CN(C)C=Nc1nc(=O)n(S(=O)(=O)CC2C=CC(Cl)=CC2)cc1F. The predicted octanol–water partition coefficient (Wildman–Crippen LogP) is 1.48. The van der Waals surface area contributed by atoms with Crippen molar-refractivity contribution in [3.8, 4) is 0 Å². The summed E-state index contributed by atoms with van der Waals surface area (Å²) in [7, 11) is -0.746. The molecule has 0 aromatic carbocycles. The molecule has 130 valence electrons. The third kappa shape index (κ3) is 4.51. The van der Waals surface area contributed by atoms with Crippen LogP contribution in [-0.2, 0) is 10.0 Å². The fourth-order valence-electron chi connectivity index (χ4n) is 1.98. The summed E-state index contributed by atoms with van der Waals surface area (Å²) in [6.07, 6.45) is 7.19. The molecule has 0 N–H and O–H groups in total. The van der Waals surface area contributed by atoms with Gasteiger partial charge in [-0.3, -0.25) is 0 Å². The van der Waals surface area contributed by atoms with Crippen molar-refractivity contribution in [2.24, 2.45) is 10.9 Å². The molecular weight excluding hydrogens is 359 g/mol. The number of aromatic nitrogens is 2. The van der Waals surface area contributed by atoms with Crippen molar-refractivity contribution in [2.45, 2.75) is 6.42 Å². The van der Waals surface area contributed by atoms with Gasteiger partial charge in [0, 0.05) is 19.1 Å². The van der Waals surface area contributed by atoms with E-state index in [4.69, 9.17) is 11.6 Å². The van der Waals surface area contributed by atoms with Crippen molar-refractivity contribution in [2.75, 3.05) is 19.8 Å². The lowest BCUT2D eigenvalue weighted by molar-refractivity contribution is 0.561. The summed E-state index contributed by atoms with van der Waals surface area (Å²) in [5.74, 6) is -2.17. The lowest BCUT2D eigenvalue weighted by Gasteiger charge is -2.15. The molecular formula is C14H16ClFN4O3S. The van der Waals surface area contributed by atoms with Crippen LogP contribution in [0.1, 0.15) is 6.42 Å². The van der Waals surface area contributed by atoms with E-state index in [0.717, 1.165) is 0 Å². The summed E-state index contributed by atoms with van der Waals surface area (Å²) in [5, 5.41) is 0.525. The maximum Gasteiger partial charge on any atom is 0.363 e. The van der Waals surface area contributed by atoms with Gasteiger partial charge in [-0.2, -0.15) is 8.96 Å². The van der Waals surface area contributed by atoms with E-state index in [-0.39, 0.29) is 11.7 Å². The van der Waals surface area contributed by atoms with Crippen LogP contribution in [0.2, 0.25) is 0 Å². The number of allylic oxidation sites excluding steroid dienone is 4. The van der Waals surface area contributed by atoms with Gasteiger partial charge in [0.1, 0.15) is 0 Å². The van der Waals surface area contributed by atoms with Crippen LogP contribution in [0.5, 0.6) is 0 Å². The molecule has 0 fully saturated rings. The van der Waals surface area contributed by atoms with Gasteiger partial charge in [0.15, 0.2) is 11.6 Å². The topological polar surface area (TPSA) is 84.6 Å². The number of hydrogen-bond acceptors (Lipinski definition) is 5. The number of rotatable bonds is 5. The zero-order valence-corrected chi connectivity index (χ0v) is 14.6. The molecule has 1 aromatic rings. The molecule has 1 unspecified atom stereocenters. The van der Waals surface area contributed by atoms with Gasteiger partial charge in [-0.1, -0.05) is 23.8 Å². The Labute approximate surface area is 143 Å². The van der Waals surface area contributed by atoms with Crippen molar-refractivity contribution in [3.63, 3.8) is 0 Å². The average molecular weight is 375 g/mol. The zero-order chi connectivity index (χ0) is 17.9. The van der Waals surface area contributed by atoms with Gasteiger partial charge in [0.25, 0.3) is 0 Å². The normalized spacial score (nSPS) is 18.0. The molecule has 0 amide bonds. The van der Waals surface area contributed by atoms with Crippen molar-refractivity contribution in [1.29, 1.82) is 0 Å². The second-order valence-corrected chi connectivity index (χ2v) is 7.75. The summed E-state index contributed by atoms with van der Waals surface area (Å²) in [6.45, 7) is 0. The van der Waals surface area contributed by atoms with E-state index in [1.165, 1.54) is 11.2 Å². The average Bonchev–Trinajstić information content (AvgIpc) is 2.49. The monoisotopic (exact) mass is 374 g/mol. The van der Waals surface area contributed by atoms with Crippen LogP contribution in [-0.4, -0.2) is 48.5 Å². The molecule has 24 heavy (non-hydrogen) atoms. The number of halogens is 2. The minimum absolute atomic E-state index is 0.310. The van der Waals surface area contributed by atoms with Crippen molar-refractivity contribution in [3.05, 3.63) is 45.8 Å². The van der Waals surface area contributed by atoms with Gasteiger partial charge in [0.2, 0.25) is 10.0 Å². The predicted molar refractivity (Wildman–Crippen MR) is 90.7 cm³/mol. The van der Waals surface area contributed by atoms with E-state index in [2.05, 4.69) is 9.98 Å². The largest absolute Gasteiger partial charge is 0.369 e. The molecule has 0 radical (unpaired) electrons. The Morgan fingerprint density at radius 1 is 1.54 bits per heavy atom. The first-order valence-corrected chi connectivity index (χ1v) is 8.94. The Hall–Kier alpha value is -2.00. The fourth-order valence-corrected chi connectivity index (χ4v) is 3.62. The van der Waals surface area contributed by atoms with Crippen LogP contribution in [0, 0.1) is 11.7 Å². The van der Waals surface area contributed by atoms with Crippen LogP contribution >= 0.6 is 11.6 Å². The first-order valence-electron chi connectivity index (χ1n) is 6.96. The van der Waals surface area contributed by atoms with Gasteiger partial charge in [-0.05, 0) is 18.4 Å². The maximum atomic E-state index is 14.0. The number of hydrogen-bond donors (Lipinski definition) is 0. The van der Waals surface area contributed by atoms with E-state index in [9.17, 15) is 17.6 Å². The molecule has 1 aromatic heterocycles. The molecule has 10 heteroatoms. The summed E-state index contributed by atoms with van der Waals surface area (Å²) < 4.78 is 39.0. The van der Waals surface area contributed by atoms with Crippen molar-refractivity contribution in [1.82, 2.24) is 13.9 Å². The molecule has 1 aliphatic rings. The highest BCUT2D eigenvalue weighted by atomic mass is 35.5. The maximum absolute atomic E-state index is 14.0. The molecule has 0 saturated carbocycles. The van der Waals surface area contributed by atoms with E-state index in [1.54, 1.807) is 32.3 Å². The third-order valence-corrected chi connectivity index (χ3v) is 5.10. The first-order chi connectivity index (χ1) is 11.2. The van der Waals surface area contributed by atoms with Crippen LogP contribution in [0.15, 0.2) is 39.2 Å². The van der Waals surface area contributed by atoms with Gasteiger partial charge in [0.05, 0.1) is 18.3 Å². The second-order valence-electron chi connectivity index (χ2n) is 5.42. The van der Waals surface area contributed by atoms with Crippen molar-refractivity contribution >= 4 is 33.8 Å². The highest BCUT2D eigenvalue weighted by molar-refractivity contribution is 7.89. The van der Waals surface area contributed by atoms with Crippen molar-refractivity contribution < 1.29 is 12.8 Å². The summed E-state index contributed by atoms with van der Waals surface area (Å²) in [6, 6.07) is 0. The molecule has 0 bridgehead atoms. The summed E-state index contributed by atoms with van der Waals surface area (Å²) >= 11 is 5.78. The Kier molecular flexibility index (Phi) is 5.55. The smallest absolute Gasteiger partial charge is 0.363 e. The molecule has 1 aliphatic carbocycles.